The molecule has 0 heterocycles. The maximum Gasteiger partial charge on any atom is 0.490 e. The van der Waals surface area contributed by atoms with Crippen molar-refractivity contribution in [1.29, 1.82) is 0 Å². The molecule has 0 amide bonds. The van der Waals surface area contributed by atoms with Gasteiger partial charge in [-0.05, 0) is 6.42 Å². The van der Waals surface area contributed by atoms with Crippen LogP contribution in [0.1, 0.15) is 27.2 Å². The second-order valence-corrected chi connectivity index (χ2v) is 11.3. The first-order valence-corrected chi connectivity index (χ1v) is 14.2. The molecule has 397 valence electrons. The van der Waals surface area contributed by atoms with Crippen molar-refractivity contribution < 1.29 is 220 Å². The summed E-state index contributed by atoms with van der Waals surface area (Å²) < 4.78 is 464. The van der Waals surface area contributed by atoms with Crippen molar-refractivity contribution in [3.05, 3.63) is 6.36 Å². The monoisotopic (exact) mass is 1160 g/mol. The standard InChI is InChI=1S/C12H6F20O3.C11H8F15O4.Y/c1-3(13,14)6(19,7(20,21)22)33-11(29,30)12(31,32)35-10(27,28)5(17,18)9(25,26)34-8(23,24)4(2,15)16;1-3-5(13,14)4(12)28-7(17,18)6(15,16)8(19,20)29-9(21,22)10(23,24)30-11(25,26)27-2;/h1-2H3;3H2,1-2H3;/q;-1;. The molecule has 0 N–H and O–H groups in total. The molecule has 0 aromatic rings. The third kappa shape index (κ3) is 14.7. The Morgan fingerprint density at radius 3 is 0.894 bits per heavy atom. The van der Waals surface area contributed by atoms with Crippen LogP contribution in [0.25, 0.3) is 0 Å². The Hall–Kier alpha value is -1.63. The molecular weight excluding hydrogens is 1140 g/mol. The molecule has 43 heteroatoms. The molecule has 7 nitrogen and oxygen atoms in total. The summed E-state index contributed by atoms with van der Waals surface area (Å²) in [4.78, 5) is 0. The molecule has 0 bridgehead atoms. The first-order chi connectivity index (χ1) is 27.5. The Morgan fingerprint density at radius 2 is 0.636 bits per heavy atom. The van der Waals surface area contributed by atoms with Gasteiger partial charge in [0.2, 0.25) is 0 Å². The fraction of sp³-hybridized carbons (Fsp3) is 0.957. The molecule has 66 heavy (non-hydrogen) atoms. The van der Waals surface area contributed by atoms with E-state index in [2.05, 4.69) is 9.47 Å². The number of rotatable bonds is 23. The van der Waals surface area contributed by atoms with Crippen LogP contribution >= 0.6 is 0 Å². The van der Waals surface area contributed by atoms with E-state index in [0.29, 0.717) is 6.92 Å². The molecule has 1 unspecified atom stereocenters. The number of ether oxygens (including phenoxy) is 7. The van der Waals surface area contributed by atoms with Gasteiger partial charge in [-0.1, -0.05) is 6.92 Å². The average molecular weight is 1160 g/mol. The Bertz CT molecular complexity index is 1540. The number of hydrogen-bond donors (Lipinski definition) is 0. The molecule has 0 aliphatic rings. The molecule has 0 rings (SSSR count). The number of halogens is 35. The van der Waals surface area contributed by atoms with Crippen LogP contribution in [-0.4, -0.2) is 110 Å². The van der Waals surface area contributed by atoms with Crippen LogP contribution in [0.3, 0.4) is 0 Å². The van der Waals surface area contributed by atoms with E-state index >= 15 is 0 Å². The van der Waals surface area contributed by atoms with Gasteiger partial charge < -0.3 is 9.13 Å². The van der Waals surface area contributed by atoms with Crippen LogP contribution < -0.4 is 0 Å². The van der Waals surface area contributed by atoms with Gasteiger partial charge in [-0.15, -0.1) is 8.78 Å². The number of alkyl halides is 34. The van der Waals surface area contributed by atoms with Gasteiger partial charge in [0.05, 0.1) is 0 Å². The molecular formula is C23H14F35O7Y-. The molecule has 0 aliphatic carbocycles. The van der Waals surface area contributed by atoms with Crippen molar-refractivity contribution in [2.24, 2.45) is 0 Å². The largest absolute Gasteiger partial charge is 0.490 e. The average Bonchev–Trinajstić information content (AvgIpc) is 3.00. The van der Waals surface area contributed by atoms with Crippen molar-refractivity contribution in [1.82, 2.24) is 0 Å². The topological polar surface area (TPSA) is 64.6 Å². The zero-order chi connectivity index (χ0) is 53.7. The van der Waals surface area contributed by atoms with Gasteiger partial charge in [0.15, 0.2) is 5.92 Å². The van der Waals surface area contributed by atoms with Crippen molar-refractivity contribution >= 4 is 0 Å². The van der Waals surface area contributed by atoms with E-state index in [4.69, 9.17) is 0 Å². The first-order valence-electron chi connectivity index (χ1n) is 14.2. The predicted molar refractivity (Wildman–Crippen MR) is 124 cm³/mol. The predicted octanol–water partition coefficient (Wildman–Crippen LogP) is 12.9. The molecule has 1 radical (unpaired) electrons. The molecule has 0 saturated heterocycles. The summed E-state index contributed by atoms with van der Waals surface area (Å²) in [5.74, 6) is -40.0. The minimum Gasteiger partial charge on any atom is -0.452 e. The first kappa shape index (κ1) is 68.6. The third-order valence-corrected chi connectivity index (χ3v) is 6.05. The van der Waals surface area contributed by atoms with Crippen LogP contribution in [0.15, 0.2) is 0 Å². The van der Waals surface area contributed by atoms with Crippen LogP contribution in [0, 0.1) is 6.36 Å². The SMILES string of the molecule is CC(F)(F)C(F)(F)OC(F)(F)C(F)(F)C(F)(F)OC(F)(F)C(F)(F)OC(F)(C(C)(F)F)C(F)(F)F.CCC(F)(F)[C-](F)OC(F)(F)C(F)(F)C(F)(F)OC(F)(F)C(F)(F)OC(F)(F)OC.[Y]. The van der Waals surface area contributed by atoms with Crippen molar-refractivity contribution in [3.8, 4) is 0 Å². The molecule has 1 atom stereocenters. The van der Waals surface area contributed by atoms with Crippen LogP contribution in [0.2, 0.25) is 0 Å². The molecule has 0 saturated carbocycles. The summed E-state index contributed by atoms with van der Waals surface area (Å²) >= 11 is 0. The summed E-state index contributed by atoms with van der Waals surface area (Å²) in [5, 5.41) is 0. The van der Waals surface area contributed by atoms with Gasteiger partial charge in [0, 0.05) is 60.0 Å². The van der Waals surface area contributed by atoms with E-state index in [1.165, 1.54) is 14.2 Å². The van der Waals surface area contributed by atoms with Crippen LogP contribution in [-0.2, 0) is 65.9 Å². The van der Waals surface area contributed by atoms with Crippen molar-refractivity contribution in [2.75, 3.05) is 7.11 Å². The zero-order valence-corrected chi connectivity index (χ0v) is 33.2. The van der Waals surface area contributed by atoms with E-state index in [1.807, 2.05) is 4.74 Å². The summed E-state index contributed by atoms with van der Waals surface area (Å²) in [6.45, 7) is -1.87. The van der Waals surface area contributed by atoms with Gasteiger partial charge in [-0.3, -0.25) is 9.47 Å². The van der Waals surface area contributed by atoms with E-state index in [0.717, 1.165) is 0 Å². The molecule has 0 aliphatic heterocycles. The number of hydrogen-bond acceptors (Lipinski definition) is 7. The quantitative estimate of drug-likeness (QED) is 0.0574. The Kier molecular flexibility index (Phi) is 20.7. The maximum atomic E-state index is 13.4. The van der Waals surface area contributed by atoms with Gasteiger partial charge in [-0.25, -0.2) is 36.5 Å². The summed E-state index contributed by atoms with van der Waals surface area (Å²) in [6, 6.07) is 0. The smallest absolute Gasteiger partial charge is 0.452 e. The Morgan fingerprint density at radius 1 is 0.364 bits per heavy atom. The molecule has 0 fully saturated rings. The van der Waals surface area contributed by atoms with Gasteiger partial charge >= 0.3 is 97.0 Å². The van der Waals surface area contributed by atoms with Gasteiger partial charge in [-0.2, -0.15) is 123 Å². The maximum absolute atomic E-state index is 13.4. The normalized spacial score (nSPS) is 16.7. The fourth-order valence-electron chi connectivity index (χ4n) is 2.50. The minimum atomic E-state index is -8.07. The Labute approximate surface area is 363 Å². The summed E-state index contributed by atoms with van der Waals surface area (Å²) in [7, 11) is -0.132. The zero-order valence-electron chi connectivity index (χ0n) is 30.4. The fourth-order valence-corrected chi connectivity index (χ4v) is 2.50. The van der Waals surface area contributed by atoms with Crippen LogP contribution in [0.4, 0.5) is 154 Å². The molecule has 0 aromatic heterocycles. The second-order valence-electron chi connectivity index (χ2n) is 11.3. The molecule has 0 aromatic carbocycles. The summed E-state index contributed by atoms with van der Waals surface area (Å²) in [5.41, 5.74) is 0. The van der Waals surface area contributed by atoms with E-state index in [1.54, 1.807) is 4.74 Å². The van der Waals surface area contributed by atoms with E-state index < -0.39 is 130 Å². The number of methoxy groups -OCH3 is 1. The van der Waals surface area contributed by atoms with Crippen molar-refractivity contribution in [3.63, 3.8) is 0 Å². The van der Waals surface area contributed by atoms with Crippen LogP contribution in [0.5, 0.6) is 0 Å². The Balaban J connectivity index is -0.00000120. The third-order valence-electron chi connectivity index (χ3n) is 6.05. The summed E-state index contributed by atoms with van der Waals surface area (Å²) in [6.07, 6.45) is -85.4. The molecule has 0 spiro atoms. The second kappa shape index (κ2) is 19.9. The van der Waals surface area contributed by atoms with E-state index in [9.17, 15) is 154 Å². The minimum absolute atomic E-state index is 0. The van der Waals surface area contributed by atoms with E-state index in [-0.39, 0.29) is 39.8 Å². The van der Waals surface area contributed by atoms with Gasteiger partial charge in [0.1, 0.15) is 0 Å². The van der Waals surface area contributed by atoms with Gasteiger partial charge in [0.25, 0.3) is 0 Å². The van der Waals surface area contributed by atoms with Crippen molar-refractivity contribution in [2.45, 2.75) is 130 Å².